The molecule has 1 amide bonds. The summed E-state index contributed by atoms with van der Waals surface area (Å²) < 4.78 is 0. The molecule has 1 heterocycles. The maximum Gasteiger partial charge on any atom is 0.241 e. The molecule has 1 aliphatic rings. The largest absolute Gasteiger partial charge is 0.507 e. The topological polar surface area (TPSA) is 61.4 Å². The maximum absolute atomic E-state index is 12.1. The highest BCUT2D eigenvalue weighted by molar-refractivity contribution is 5.95. The van der Waals surface area contributed by atoms with E-state index in [1.165, 1.54) is 0 Å². The van der Waals surface area contributed by atoms with Crippen LogP contribution in [0.3, 0.4) is 0 Å². The molecule has 1 fully saturated rings. The van der Waals surface area contributed by atoms with Crippen LogP contribution < -0.4 is 10.6 Å². The van der Waals surface area contributed by atoms with E-state index in [-0.39, 0.29) is 17.7 Å². The van der Waals surface area contributed by atoms with Gasteiger partial charge in [-0.05, 0) is 44.9 Å². The van der Waals surface area contributed by atoms with Crippen molar-refractivity contribution in [1.82, 2.24) is 5.32 Å². The predicted molar refractivity (Wildman–Crippen MR) is 71.9 cm³/mol. The van der Waals surface area contributed by atoms with Crippen molar-refractivity contribution in [3.8, 4) is 5.75 Å². The zero-order valence-electron chi connectivity index (χ0n) is 10.9. The van der Waals surface area contributed by atoms with Crippen molar-refractivity contribution >= 4 is 11.6 Å². The third-order valence-corrected chi connectivity index (χ3v) is 3.52. The lowest BCUT2D eigenvalue weighted by Crippen LogP contribution is -2.43. The van der Waals surface area contributed by atoms with Crippen LogP contribution in [0.4, 0.5) is 5.69 Å². The second-order valence-electron chi connectivity index (χ2n) is 4.90. The van der Waals surface area contributed by atoms with Gasteiger partial charge in [0, 0.05) is 11.3 Å². The third kappa shape index (κ3) is 2.64. The van der Waals surface area contributed by atoms with Crippen LogP contribution in [0.25, 0.3) is 0 Å². The molecule has 0 aromatic heterocycles. The van der Waals surface area contributed by atoms with Gasteiger partial charge in [-0.15, -0.1) is 0 Å². The fourth-order valence-corrected chi connectivity index (χ4v) is 2.27. The van der Waals surface area contributed by atoms with Crippen molar-refractivity contribution < 1.29 is 9.90 Å². The number of phenolic OH excluding ortho intramolecular Hbond substituents is 1. The minimum absolute atomic E-state index is 0.0129. The van der Waals surface area contributed by atoms with Gasteiger partial charge in [-0.2, -0.15) is 0 Å². The fraction of sp³-hybridized carbons (Fsp3) is 0.500. The molecule has 0 radical (unpaired) electrons. The molecular formula is C14H20N2O2. The summed E-state index contributed by atoms with van der Waals surface area (Å²) in [5.41, 5.74) is 2.23. The standard InChI is InChI=1S/C14H20N2O2/c1-9-6-7-11(10(2)13(9)17)16-14(18)12-5-3-4-8-15-12/h6-7,12,15,17H,3-5,8H2,1-2H3,(H,16,18)/t12-/m0/s1. The van der Waals surface area contributed by atoms with Crippen molar-refractivity contribution in [3.05, 3.63) is 23.3 Å². The van der Waals surface area contributed by atoms with E-state index in [2.05, 4.69) is 10.6 Å². The molecule has 0 saturated carbocycles. The van der Waals surface area contributed by atoms with Crippen molar-refractivity contribution in [3.63, 3.8) is 0 Å². The Morgan fingerprint density at radius 2 is 2.17 bits per heavy atom. The molecule has 0 unspecified atom stereocenters. The zero-order valence-corrected chi connectivity index (χ0v) is 10.9. The number of hydrogen-bond acceptors (Lipinski definition) is 3. The molecule has 98 valence electrons. The van der Waals surface area contributed by atoms with Crippen molar-refractivity contribution in [2.75, 3.05) is 11.9 Å². The fourth-order valence-electron chi connectivity index (χ4n) is 2.27. The van der Waals surface area contributed by atoms with Gasteiger partial charge in [0.1, 0.15) is 5.75 Å². The van der Waals surface area contributed by atoms with Crippen molar-refractivity contribution in [1.29, 1.82) is 0 Å². The molecule has 1 aromatic carbocycles. The van der Waals surface area contributed by atoms with Crippen LogP contribution in [0.2, 0.25) is 0 Å². The van der Waals surface area contributed by atoms with E-state index in [1.807, 2.05) is 26.0 Å². The summed E-state index contributed by atoms with van der Waals surface area (Å²) in [6.07, 6.45) is 3.10. The number of anilines is 1. The van der Waals surface area contributed by atoms with Crippen LogP contribution in [-0.4, -0.2) is 23.6 Å². The van der Waals surface area contributed by atoms with E-state index in [9.17, 15) is 9.90 Å². The first kappa shape index (κ1) is 12.9. The number of piperidine rings is 1. The number of aryl methyl sites for hydroxylation is 1. The minimum atomic E-state index is -0.110. The number of phenols is 1. The predicted octanol–water partition coefficient (Wildman–Crippen LogP) is 2.09. The smallest absolute Gasteiger partial charge is 0.241 e. The van der Waals surface area contributed by atoms with E-state index in [4.69, 9.17) is 0 Å². The lowest BCUT2D eigenvalue weighted by Gasteiger charge is -2.23. The molecule has 3 N–H and O–H groups in total. The summed E-state index contributed by atoms with van der Waals surface area (Å²) in [7, 11) is 0. The van der Waals surface area contributed by atoms with Gasteiger partial charge in [-0.3, -0.25) is 4.79 Å². The van der Waals surface area contributed by atoms with Crippen molar-refractivity contribution in [2.24, 2.45) is 0 Å². The average Bonchev–Trinajstić information content (AvgIpc) is 2.40. The molecule has 1 saturated heterocycles. The lowest BCUT2D eigenvalue weighted by molar-refractivity contribution is -0.118. The molecule has 0 spiro atoms. The molecule has 0 bridgehead atoms. The number of carbonyl (C=O) groups excluding carboxylic acids is 1. The summed E-state index contributed by atoms with van der Waals surface area (Å²) in [6, 6.07) is 3.54. The van der Waals surface area contributed by atoms with Gasteiger partial charge in [0.15, 0.2) is 0 Å². The maximum atomic E-state index is 12.1. The highest BCUT2D eigenvalue weighted by Crippen LogP contribution is 2.28. The SMILES string of the molecule is Cc1ccc(NC(=O)[C@@H]2CCCCN2)c(C)c1O. The van der Waals surface area contributed by atoms with Gasteiger partial charge in [0.2, 0.25) is 5.91 Å². The normalized spacial score (nSPS) is 19.6. The van der Waals surface area contributed by atoms with Gasteiger partial charge in [-0.1, -0.05) is 12.5 Å². The van der Waals surface area contributed by atoms with Gasteiger partial charge >= 0.3 is 0 Å². The van der Waals surface area contributed by atoms with Crippen LogP contribution in [0, 0.1) is 13.8 Å². The Morgan fingerprint density at radius 3 is 2.83 bits per heavy atom. The van der Waals surface area contributed by atoms with Crippen LogP contribution in [0.15, 0.2) is 12.1 Å². The van der Waals surface area contributed by atoms with Crippen molar-refractivity contribution in [2.45, 2.75) is 39.2 Å². The lowest BCUT2D eigenvalue weighted by atomic mass is 10.0. The molecule has 4 heteroatoms. The second-order valence-corrected chi connectivity index (χ2v) is 4.90. The minimum Gasteiger partial charge on any atom is -0.507 e. The first-order chi connectivity index (χ1) is 8.59. The summed E-state index contributed by atoms with van der Waals surface area (Å²) in [5.74, 6) is 0.241. The van der Waals surface area contributed by atoms with Gasteiger partial charge in [0.25, 0.3) is 0 Å². The molecule has 1 aromatic rings. The number of aromatic hydroxyl groups is 1. The summed E-state index contributed by atoms with van der Waals surface area (Å²) >= 11 is 0. The van der Waals surface area contributed by atoms with Gasteiger partial charge in [0.05, 0.1) is 6.04 Å². The molecule has 18 heavy (non-hydrogen) atoms. The van der Waals surface area contributed by atoms with E-state index in [0.29, 0.717) is 5.69 Å². The Bertz CT molecular complexity index is 451. The number of amides is 1. The van der Waals surface area contributed by atoms with E-state index >= 15 is 0 Å². The average molecular weight is 248 g/mol. The summed E-state index contributed by atoms with van der Waals surface area (Å²) in [4.78, 5) is 12.1. The zero-order chi connectivity index (χ0) is 13.1. The molecule has 4 nitrogen and oxygen atoms in total. The van der Waals surface area contributed by atoms with E-state index in [0.717, 1.165) is 36.9 Å². The Morgan fingerprint density at radius 1 is 1.39 bits per heavy atom. The number of rotatable bonds is 2. The number of hydrogen-bond donors (Lipinski definition) is 3. The first-order valence-electron chi connectivity index (χ1n) is 6.43. The number of carbonyl (C=O) groups is 1. The molecule has 1 atom stereocenters. The van der Waals surface area contributed by atoms with Crippen LogP contribution >= 0.6 is 0 Å². The third-order valence-electron chi connectivity index (χ3n) is 3.52. The van der Waals surface area contributed by atoms with Crippen LogP contribution in [0.5, 0.6) is 5.75 Å². The number of nitrogens with one attached hydrogen (secondary N) is 2. The quantitative estimate of drug-likeness (QED) is 0.751. The van der Waals surface area contributed by atoms with Gasteiger partial charge < -0.3 is 15.7 Å². The first-order valence-corrected chi connectivity index (χ1v) is 6.43. The molecule has 0 aliphatic carbocycles. The Hall–Kier alpha value is -1.55. The molecule has 1 aliphatic heterocycles. The Balaban J connectivity index is 2.09. The molecular weight excluding hydrogens is 228 g/mol. The van der Waals surface area contributed by atoms with E-state index < -0.39 is 0 Å². The van der Waals surface area contributed by atoms with Crippen LogP contribution in [-0.2, 0) is 4.79 Å². The molecule has 2 rings (SSSR count). The summed E-state index contributed by atoms with van der Waals surface area (Å²) in [5, 5.41) is 15.9. The highest BCUT2D eigenvalue weighted by Gasteiger charge is 2.21. The van der Waals surface area contributed by atoms with Crippen LogP contribution in [0.1, 0.15) is 30.4 Å². The summed E-state index contributed by atoms with van der Waals surface area (Å²) in [6.45, 7) is 4.55. The Kier molecular flexibility index (Phi) is 3.87. The monoisotopic (exact) mass is 248 g/mol. The van der Waals surface area contributed by atoms with E-state index in [1.54, 1.807) is 0 Å². The Labute approximate surface area is 107 Å². The number of benzene rings is 1. The highest BCUT2D eigenvalue weighted by atomic mass is 16.3. The second kappa shape index (κ2) is 5.40. The van der Waals surface area contributed by atoms with Gasteiger partial charge in [-0.25, -0.2) is 0 Å².